The van der Waals surface area contributed by atoms with E-state index in [9.17, 15) is 13.2 Å². The number of methoxy groups -OCH3 is 1. The lowest BCUT2D eigenvalue weighted by Gasteiger charge is -2.15. The fourth-order valence-electron chi connectivity index (χ4n) is 3.21. The van der Waals surface area contributed by atoms with Gasteiger partial charge in [0.15, 0.2) is 0 Å². The van der Waals surface area contributed by atoms with Crippen molar-refractivity contribution in [3.05, 3.63) is 47.5 Å². The summed E-state index contributed by atoms with van der Waals surface area (Å²) in [6, 6.07) is 10.1. The van der Waals surface area contributed by atoms with Crippen LogP contribution in [0.4, 0.5) is 11.4 Å². The van der Waals surface area contributed by atoms with Gasteiger partial charge in [0.1, 0.15) is 10.6 Å². The second-order valence-electron chi connectivity index (χ2n) is 6.77. The van der Waals surface area contributed by atoms with E-state index in [4.69, 9.17) is 4.74 Å². The fourth-order valence-corrected chi connectivity index (χ4v) is 4.52. The van der Waals surface area contributed by atoms with Gasteiger partial charge < -0.3 is 10.1 Å². The highest BCUT2D eigenvalue weighted by molar-refractivity contribution is 7.92. The summed E-state index contributed by atoms with van der Waals surface area (Å²) >= 11 is 0. The number of fused-ring (bicyclic) bond motifs is 1. The molecular weight excluding hydrogens is 352 g/mol. The molecule has 2 aromatic rings. The number of hydrogen-bond donors (Lipinski definition) is 2. The number of nitrogens with one attached hydrogen (secondary N) is 2. The van der Waals surface area contributed by atoms with Crippen molar-refractivity contribution in [1.29, 1.82) is 0 Å². The number of amides is 1. The highest BCUT2D eigenvalue weighted by atomic mass is 32.2. The third kappa shape index (κ3) is 3.26. The quantitative estimate of drug-likeness (QED) is 0.839. The number of hydrogen-bond acceptors (Lipinski definition) is 4. The first-order valence-electron chi connectivity index (χ1n) is 8.35. The second-order valence-corrected chi connectivity index (χ2v) is 8.42. The van der Waals surface area contributed by atoms with Crippen LogP contribution in [0.1, 0.15) is 30.9 Å². The van der Waals surface area contributed by atoms with Crippen LogP contribution in [0.5, 0.6) is 5.75 Å². The first-order chi connectivity index (χ1) is 12.2. The predicted molar refractivity (Wildman–Crippen MR) is 101 cm³/mol. The van der Waals surface area contributed by atoms with E-state index < -0.39 is 10.0 Å². The topological polar surface area (TPSA) is 84.5 Å². The SMILES string of the molecule is COc1ccc(C)cc1S(=O)(=O)Nc1ccc2c(c1)C(C(C)C)C(=O)N2. The van der Waals surface area contributed by atoms with E-state index >= 15 is 0 Å². The third-order valence-corrected chi connectivity index (χ3v) is 5.86. The Morgan fingerprint density at radius 2 is 1.88 bits per heavy atom. The van der Waals surface area contributed by atoms with Crippen LogP contribution in [0.25, 0.3) is 0 Å². The van der Waals surface area contributed by atoms with Crippen LogP contribution >= 0.6 is 0 Å². The van der Waals surface area contributed by atoms with Crippen LogP contribution in [-0.2, 0) is 14.8 Å². The Morgan fingerprint density at radius 1 is 1.15 bits per heavy atom. The molecule has 2 aromatic carbocycles. The number of rotatable bonds is 5. The molecule has 1 heterocycles. The summed E-state index contributed by atoms with van der Waals surface area (Å²) < 4.78 is 33.5. The molecule has 0 radical (unpaired) electrons. The van der Waals surface area contributed by atoms with Gasteiger partial charge in [-0.3, -0.25) is 9.52 Å². The van der Waals surface area contributed by atoms with E-state index in [-0.39, 0.29) is 28.4 Å². The van der Waals surface area contributed by atoms with Crippen LogP contribution in [0.3, 0.4) is 0 Å². The molecule has 0 spiro atoms. The number of carbonyl (C=O) groups is 1. The molecule has 26 heavy (non-hydrogen) atoms. The standard InChI is InChI=1S/C19H22N2O4S/c1-11(2)18-14-10-13(6-7-15(14)20-19(18)22)21-26(23,24)17-9-12(3)5-8-16(17)25-4/h5-11,18,21H,1-4H3,(H,20,22). The zero-order valence-corrected chi connectivity index (χ0v) is 16.0. The molecule has 6 nitrogen and oxygen atoms in total. The van der Waals surface area contributed by atoms with Gasteiger partial charge >= 0.3 is 0 Å². The maximum atomic E-state index is 12.8. The summed E-state index contributed by atoms with van der Waals surface area (Å²) in [5.74, 6) is 0.0412. The molecule has 2 N–H and O–H groups in total. The van der Waals surface area contributed by atoms with Gasteiger partial charge in [0.05, 0.1) is 13.0 Å². The number of ether oxygens (including phenoxy) is 1. The average Bonchev–Trinajstić information content (AvgIpc) is 2.89. The summed E-state index contributed by atoms with van der Waals surface area (Å²) in [7, 11) is -2.39. The van der Waals surface area contributed by atoms with Crippen molar-refractivity contribution >= 4 is 27.3 Å². The Morgan fingerprint density at radius 3 is 2.54 bits per heavy atom. The van der Waals surface area contributed by atoms with Crippen LogP contribution in [-0.4, -0.2) is 21.4 Å². The monoisotopic (exact) mass is 374 g/mol. The van der Waals surface area contributed by atoms with Crippen molar-refractivity contribution in [3.63, 3.8) is 0 Å². The normalized spacial score (nSPS) is 16.3. The molecule has 1 aliphatic heterocycles. The molecule has 7 heteroatoms. The highest BCUT2D eigenvalue weighted by Gasteiger charge is 2.33. The van der Waals surface area contributed by atoms with Crippen LogP contribution in [0, 0.1) is 12.8 Å². The minimum absolute atomic E-state index is 0.0599. The molecule has 138 valence electrons. The van der Waals surface area contributed by atoms with Gasteiger partial charge in [0.25, 0.3) is 10.0 Å². The van der Waals surface area contributed by atoms with Crippen LogP contribution < -0.4 is 14.8 Å². The lowest BCUT2D eigenvalue weighted by molar-refractivity contribution is -0.117. The Balaban J connectivity index is 1.98. The number of carbonyl (C=O) groups excluding carboxylic acids is 1. The summed E-state index contributed by atoms with van der Waals surface area (Å²) in [6.45, 7) is 5.75. The average molecular weight is 374 g/mol. The van der Waals surface area contributed by atoms with Gasteiger partial charge in [-0.15, -0.1) is 0 Å². The summed E-state index contributed by atoms with van der Waals surface area (Å²) in [5, 5.41) is 2.84. The van der Waals surface area contributed by atoms with Gasteiger partial charge in [0.2, 0.25) is 5.91 Å². The number of sulfonamides is 1. The van der Waals surface area contributed by atoms with Crippen molar-refractivity contribution in [2.24, 2.45) is 5.92 Å². The smallest absolute Gasteiger partial charge is 0.265 e. The highest BCUT2D eigenvalue weighted by Crippen LogP contribution is 2.39. The molecule has 0 saturated heterocycles. The molecule has 1 atom stereocenters. The van der Waals surface area contributed by atoms with E-state index in [0.717, 1.165) is 16.8 Å². The molecule has 1 unspecified atom stereocenters. The summed E-state index contributed by atoms with van der Waals surface area (Å²) in [4.78, 5) is 12.2. The van der Waals surface area contributed by atoms with Crippen LogP contribution in [0.15, 0.2) is 41.3 Å². The van der Waals surface area contributed by atoms with E-state index in [1.54, 1.807) is 36.4 Å². The number of anilines is 2. The van der Waals surface area contributed by atoms with Crippen LogP contribution in [0.2, 0.25) is 0 Å². The van der Waals surface area contributed by atoms with Gasteiger partial charge in [-0.05, 0) is 54.3 Å². The number of benzene rings is 2. The lowest BCUT2D eigenvalue weighted by atomic mass is 9.89. The first-order valence-corrected chi connectivity index (χ1v) is 9.83. The maximum Gasteiger partial charge on any atom is 0.265 e. The maximum absolute atomic E-state index is 12.8. The predicted octanol–water partition coefficient (Wildman–Crippen LogP) is 3.50. The third-order valence-electron chi connectivity index (χ3n) is 4.45. The molecule has 0 aliphatic carbocycles. The molecule has 0 saturated carbocycles. The minimum atomic E-state index is -3.83. The van der Waals surface area contributed by atoms with Gasteiger partial charge in [-0.25, -0.2) is 8.42 Å². The Kier molecular flexibility index (Phi) is 4.66. The zero-order chi connectivity index (χ0) is 19.1. The van der Waals surface area contributed by atoms with E-state index in [0.29, 0.717) is 5.69 Å². The minimum Gasteiger partial charge on any atom is -0.495 e. The molecule has 0 bridgehead atoms. The fraction of sp³-hybridized carbons (Fsp3) is 0.316. The van der Waals surface area contributed by atoms with E-state index in [1.807, 2.05) is 20.8 Å². The van der Waals surface area contributed by atoms with E-state index in [1.165, 1.54) is 7.11 Å². The Labute approximate surface area is 153 Å². The molecule has 1 amide bonds. The summed E-state index contributed by atoms with van der Waals surface area (Å²) in [6.07, 6.45) is 0. The zero-order valence-electron chi connectivity index (χ0n) is 15.2. The van der Waals surface area contributed by atoms with Crippen molar-refractivity contribution in [2.45, 2.75) is 31.6 Å². The van der Waals surface area contributed by atoms with Gasteiger partial charge in [0, 0.05) is 11.4 Å². The first kappa shape index (κ1) is 18.3. The lowest BCUT2D eigenvalue weighted by Crippen LogP contribution is -2.17. The molecule has 0 fully saturated rings. The van der Waals surface area contributed by atoms with Gasteiger partial charge in [-0.2, -0.15) is 0 Å². The molecule has 1 aliphatic rings. The van der Waals surface area contributed by atoms with E-state index in [2.05, 4.69) is 10.0 Å². The van der Waals surface area contributed by atoms with Crippen molar-refractivity contribution in [1.82, 2.24) is 0 Å². The molecular formula is C19H22N2O4S. The Hall–Kier alpha value is -2.54. The van der Waals surface area contributed by atoms with Crippen molar-refractivity contribution < 1.29 is 17.9 Å². The van der Waals surface area contributed by atoms with Crippen molar-refractivity contribution in [3.8, 4) is 5.75 Å². The molecule has 3 rings (SSSR count). The number of aryl methyl sites for hydroxylation is 1. The Bertz CT molecular complexity index is 967. The molecule has 0 aromatic heterocycles. The van der Waals surface area contributed by atoms with Gasteiger partial charge in [-0.1, -0.05) is 19.9 Å². The summed E-state index contributed by atoms with van der Waals surface area (Å²) in [5.41, 5.74) is 2.76. The largest absolute Gasteiger partial charge is 0.495 e. The van der Waals surface area contributed by atoms with Crippen molar-refractivity contribution in [2.75, 3.05) is 17.1 Å². The second kappa shape index (κ2) is 6.64.